The summed E-state index contributed by atoms with van der Waals surface area (Å²) in [5.41, 5.74) is 4.99. The monoisotopic (exact) mass is 215 g/mol. The number of nitrogens with two attached hydrogens (primary N) is 1. The van der Waals surface area contributed by atoms with Crippen molar-refractivity contribution in [3.05, 3.63) is 23.3 Å². The van der Waals surface area contributed by atoms with Gasteiger partial charge in [-0.2, -0.15) is 0 Å². The fourth-order valence-electron chi connectivity index (χ4n) is 1.36. The maximum Gasteiger partial charge on any atom is 0.264 e. The molecule has 0 unspecified atom stereocenters. The van der Waals surface area contributed by atoms with Crippen LogP contribution >= 0.6 is 0 Å². The first-order chi connectivity index (χ1) is 6.97. The van der Waals surface area contributed by atoms with Crippen LogP contribution in [-0.2, 0) is 0 Å². The van der Waals surface area contributed by atoms with Gasteiger partial charge in [-0.1, -0.05) is 0 Å². The van der Waals surface area contributed by atoms with E-state index in [9.17, 15) is 13.6 Å². The van der Waals surface area contributed by atoms with Crippen LogP contribution in [0.4, 0.5) is 14.5 Å². The molecule has 0 saturated heterocycles. The highest BCUT2D eigenvalue weighted by Gasteiger charge is 2.20. The third-order valence-electron chi connectivity index (χ3n) is 2.00. The topological polar surface area (TPSA) is 52.3 Å². The minimum atomic E-state index is -2.75. The smallest absolute Gasteiger partial charge is 0.264 e. The van der Waals surface area contributed by atoms with Crippen LogP contribution < -0.4 is 10.5 Å². The van der Waals surface area contributed by atoms with Gasteiger partial charge in [0.1, 0.15) is 5.75 Å². The van der Waals surface area contributed by atoms with Crippen LogP contribution in [0.15, 0.2) is 12.1 Å². The van der Waals surface area contributed by atoms with E-state index in [1.54, 1.807) is 0 Å². The number of rotatable bonds is 3. The predicted octanol–water partition coefficient (Wildman–Crippen LogP) is 2.42. The molecule has 2 N–H and O–H groups in total. The maximum atomic E-state index is 12.6. The van der Waals surface area contributed by atoms with Gasteiger partial charge in [0.15, 0.2) is 5.78 Å². The van der Waals surface area contributed by atoms with E-state index in [0.29, 0.717) is 0 Å². The van der Waals surface area contributed by atoms with Crippen LogP contribution in [-0.4, -0.2) is 12.9 Å². The van der Waals surface area contributed by atoms with Crippen molar-refractivity contribution in [2.45, 2.75) is 13.3 Å². The Kier molecular flexibility index (Phi) is 3.24. The summed E-state index contributed by atoms with van der Waals surface area (Å²) < 4.78 is 30.0. The summed E-state index contributed by atoms with van der Waals surface area (Å²) >= 11 is 0. The summed E-state index contributed by atoms with van der Waals surface area (Å²) in [6.45, 7) is 1.20. The zero-order valence-corrected chi connectivity index (χ0v) is 8.38. The molecule has 0 aliphatic rings. The van der Waals surface area contributed by atoms with Gasteiger partial charge in [-0.3, -0.25) is 4.79 Å². The minimum absolute atomic E-state index is 0.0112. The zero-order valence-electron chi connectivity index (χ0n) is 8.38. The average molecular weight is 215 g/mol. The van der Waals surface area contributed by atoms with Crippen LogP contribution in [0.3, 0.4) is 0 Å². The van der Waals surface area contributed by atoms with E-state index in [1.165, 1.54) is 20.1 Å². The third kappa shape index (κ3) is 2.23. The number of nitrogen functional groups attached to an aromatic ring is 1. The van der Waals surface area contributed by atoms with Crippen molar-refractivity contribution >= 4 is 11.5 Å². The number of ether oxygens (including phenoxy) is 1. The first-order valence-corrected chi connectivity index (χ1v) is 4.23. The first kappa shape index (κ1) is 11.4. The molecule has 0 aliphatic carbocycles. The predicted molar refractivity (Wildman–Crippen MR) is 52.4 cm³/mol. The molecule has 0 atom stereocenters. The number of hydrogen-bond donors (Lipinski definition) is 1. The van der Waals surface area contributed by atoms with Gasteiger partial charge < -0.3 is 10.5 Å². The van der Waals surface area contributed by atoms with Gasteiger partial charge in [0.2, 0.25) is 0 Å². The molecule has 0 aliphatic heterocycles. The molecule has 82 valence electrons. The molecule has 1 rings (SSSR count). The molecule has 1 aromatic carbocycles. The molecule has 3 nitrogen and oxygen atoms in total. The van der Waals surface area contributed by atoms with E-state index < -0.39 is 12.2 Å². The summed E-state index contributed by atoms with van der Waals surface area (Å²) in [4.78, 5) is 11.1. The molecule has 0 bridgehead atoms. The molecule has 0 fully saturated rings. The number of carbonyl (C=O) groups is 1. The van der Waals surface area contributed by atoms with Crippen LogP contribution in [0.2, 0.25) is 0 Å². The molecule has 0 saturated carbocycles. The number of methoxy groups -OCH3 is 1. The van der Waals surface area contributed by atoms with Gasteiger partial charge in [0.05, 0.1) is 7.11 Å². The molecule has 0 spiro atoms. The summed E-state index contributed by atoms with van der Waals surface area (Å²) in [5, 5.41) is 0. The van der Waals surface area contributed by atoms with E-state index in [0.717, 1.165) is 6.07 Å². The van der Waals surface area contributed by atoms with Crippen LogP contribution in [0.5, 0.6) is 5.75 Å². The maximum absolute atomic E-state index is 12.6. The Balaban J connectivity index is 3.42. The third-order valence-corrected chi connectivity index (χ3v) is 2.00. The highest BCUT2D eigenvalue weighted by atomic mass is 19.3. The van der Waals surface area contributed by atoms with Gasteiger partial charge in [0.25, 0.3) is 6.43 Å². The molecule has 0 radical (unpaired) electrons. The Bertz CT molecular complexity index is 391. The van der Waals surface area contributed by atoms with Gasteiger partial charge in [-0.25, -0.2) is 8.78 Å². The van der Waals surface area contributed by atoms with Crippen LogP contribution in [0, 0.1) is 0 Å². The molecule has 5 heteroatoms. The second-order valence-corrected chi connectivity index (χ2v) is 3.04. The number of halogens is 2. The van der Waals surface area contributed by atoms with E-state index in [4.69, 9.17) is 10.5 Å². The van der Waals surface area contributed by atoms with Crippen molar-refractivity contribution in [3.8, 4) is 5.75 Å². The Labute approximate surface area is 85.8 Å². The van der Waals surface area contributed by atoms with Crippen molar-refractivity contribution in [3.63, 3.8) is 0 Å². The number of alkyl halides is 2. The highest BCUT2D eigenvalue weighted by molar-refractivity contribution is 6.01. The fourth-order valence-corrected chi connectivity index (χ4v) is 1.36. The second-order valence-electron chi connectivity index (χ2n) is 3.04. The molecular formula is C10H11F2NO2. The quantitative estimate of drug-likeness (QED) is 0.622. The normalized spacial score (nSPS) is 10.5. The minimum Gasteiger partial charge on any atom is -0.497 e. The molecule has 0 aromatic heterocycles. The van der Waals surface area contributed by atoms with Gasteiger partial charge in [0, 0.05) is 22.9 Å². The molecule has 15 heavy (non-hydrogen) atoms. The highest BCUT2D eigenvalue weighted by Crippen LogP contribution is 2.31. The molecule has 0 amide bonds. The van der Waals surface area contributed by atoms with Gasteiger partial charge in [-0.15, -0.1) is 0 Å². The van der Waals surface area contributed by atoms with E-state index in [2.05, 4.69) is 0 Å². The lowest BCUT2D eigenvalue weighted by atomic mass is 10.0. The van der Waals surface area contributed by atoms with E-state index in [1.807, 2.05) is 0 Å². The Hall–Kier alpha value is -1.65. The standard InChI is InChI=1S/C10H11F2NO2/c1-5(14)9-7(10(11)12)3-6(15-2)4-8(9)13/h3-4,10H,13H2,1-2H3. The lowest BCUT2D eigenvalue weighted by Gasteiger charge is -2.11. The largest absolute Gasteiger partial charge is 0.497 e. The van der Waals surface area contributed by atoms with E-state index >= 15 is 0 Å². The lowest BCUT2D eigenvalue weighted by molar-refractivity contribution is 0.1000. The Morgan fingerprint density at radius 3 is 2.47 bits per heavy atom. The van der Waals surface area contributed by atoms with Gasteiger partial charge in [-0.05, 0) is 13.0 Å². The van der Waals surface area contributed by atoms with Crippen molar-refractivity contribution in [1.29, 1.82) is 0 Å². The van der Waals surface area contributed by atoms with Crippen molar-refractivity contribution < 1.29 is 18.3 Å². The average Bonchev–Trinajstić information content (AvgIpc) is 2.15. The lowest BCUT2D eigenvalue weighted by Crippen LogP contribution is -2.06. The summed E-state index contributed by atoms with van der Waals surface area (Å²) in [5.74, 6) is -0.266. The van der Waals surface area contributed by atoms with Crippen molar-refractivity contribution in [1.82, 2.24) is 0 Å². The number of anilines is 1. The number of Topliss-reactive ketones (excluding diaryl/α,β-unsaturated/α-hetero) is 1. The Morgan fingerprint density at radius 1 is 1.47 bits per heavy atom. The summed E-state index contributed by atoms with van der Waals surface area (Å²) in [7, 11) is 1.34. The SMILES string of the molecule is COc1cc(N)c(C(C)=O)c(C(F)F)c1. The molecule has 1 aromatic rings. The van der Waals surface area contributed by atoms with E-state index in [-0.39, 0.29) is 22.6 Å². The second kappa shape index (κ2) is 4.25. The number of ketones is 1. The number of benzene rings is 1. The zero-order chi connectivity index (χ0) is 11.6. The van der Waals surface area contributed by atoms with Crippen LogP contribution in [0.25, 0.3) is 0 Å². The van der Waals surface area contributed by atoms with Crippen LogP contribution in [0.1, 0.15) is 29.3 Å². The molecule has 0 heterocycles. The number of carbonyl (C=O) groups excluding carboxylic acids is 1. The summed E-state index contributed by atoms with van der Waals surface area (Å²) in [6.07, 6.45) is -2.75. The summed E-state index contributed by atoms with van der Waals surface area (Å²) in [6, 6.07) is 2.47. The van der Waals surface area contributed by atoms with Crippen molar-refractivity contribution in [2.24, 2.45) is 0 Å². The van der Waals surface area contributed by atoms with Gasteiger partial charge >= 0.3 is 0 Å². The Morgan fingerprint density at radius 2 is 2.07 bits per heavy atom. The number of hydrogen-bond acceptors (Lipinski definition) is 3. The fraction of sp³-hybridized carbons (Fsp3) is 0.300. The molecular weight excluding hydrogens is 204 g/mol. The van der Waals surface area contributed by atoms with Crippen molar-refractivity contribution in [2.75, 3.05) is 12.8 Å². The first-order valence-electron chi connectivity index (χ1n) is 4.23.